The van der Waals surface area contributed by atoms with Crippen molar-refractivity contribution in [2.45, 2.75) is 19.1 Å². The van der Waals surface area contributed by atoms with E-state index in [0.29, 0.717) is 5.88 Å². The number of pyridine rings is 1. The van der Waals surface area contributed by atoms with Gasteiger partial charge in [0.1, 0.15) is 6.10 Å². The average Bonchev–Trinajstić information content (AvgIpc) is 3.07. The summed E-state index contributed by atoms with van der Waals surface area (Å²) in [5.74, 6) is -0.139. The molecule has 0 saturated carbocycles. The maximum absolute atomic E-state index is 13.0. The molecule has 1 atom stereocenters. The van der Waals surface area contributed by atoms with Gasteiger partial charge in [-0.1, -0.05) is 6.07 Å². The summed E-state index contributed by atoms with van der Waals surface area (Å²) in [6.45, 7) is 3.65. The van der Waals surface area contributed by atoms with Crippen LogP contribution in [0.1, 0.15) is 6.42 Å². The molecule has 0 aliphatic carbocycles. The zero-order chi connectivity index (χ0) is 13.8. The fourth-order valence-electron chi connectivity index (χ4n) is 2.40. The Morgan fingerprint density at radius 2 is 2.25 bits per heavy atom. The first kappa shape index (κ1) is 13.1. The molecular formula is C14H17FN4O. The van der Waals surface area contributed by atoms with E-state index in [1.54, 1.807) is 18.3 Å². The van der Waals surface area contributed by atoms with Crippen LogP contribution in [0, 0.1) is 5.95 Å². The lowest BCUT2D eigenvalue weighted by Crippen LogP contribution is -2.28. The molecule has 2 aromatic rings. The Bertz CT molecular complexity index is 546. The maximum atomic E-state index is 13.0. The summed E-state index contributed by atoms with van der Waals surface area (Å²) in [5.41, 5.74) is 0. The Labute approximate surface area is 117 Å². The van der Waals surface area contributed by atoms with Crippen LogP contribution < -0.4 is 4.74 Å². The van der Waals surface area contributed by atoms with Crippen LogP contribution in [0.4, 0.5) is 4.39 Å². The Morgan fingerprint density at radius 1 is 1.30 bits per heavy atom. The standard InChI is InChI=1S/C14H17FN4O/c15-13-3-1-4-14(17-13)20-12-5-8-18(11-12)9-10-19-7-2-6-16-19/h1-4,6-7,12H,5,8-11H2. The summed E-state index contributed by atoms with van der Waals surface area (Å²) in [4.78, 5) is 6.05. The monoisotopic (exact) mass is 276 g/mol. The van der Waals surface area contributed by atoms with E-state index in [1.165, 1.54) is 6.07 Å². The van der Waals surface area contributed by atoms with E-state index in [-0.39, 0.29) is 6.10 Å². The zero-order valence-corrected chi connectivity index (χ0v) is 11.2. The van der Waals surface area contributed by atoms with Crippen LogP contribution in [-0.2, 0) is 6.54 Å². The van der Waals surface area contributed by atoms with Crippen molar-refractivity contribution in [1.82, 2.24) is 19.7 Å². The van der Waals surface area contributed by atoms with Gasteiger partial charge in [-0.15, -0.1) is 0 Å². The normalized spacial score (nSPS) is 19.4. The summed E-state index contributed by atoms with van der Waals surface area (Å²) in [6, 6.07) is 6.54. The molecule has 0 amide bonds. The molecule has 20 heavy (non-hydrogen) atoms. The van der Waals surface area contributed by atoms with Crippen molar-refractivity contribution in [2.75, 3.05) is 19.6 Å². The van der Waals surface area contributed by atoms with Crippen LogP contribution >= 0.6 is 0 Å². The lowest BCUT2D eigenvalue weighted by molar-refractivity contribution is 0.189. The predicted molar refractivity (Wildman–Crippen MR) is 71.9 cm³/mol. The first-order valence-corrected chi connectivity index (χ1v) is 6.78. The number of halogens is 1. The third-order valence-corrected chi connectivity index (χ3v) is 3.41. The third-order valence-electron chi connectivity index (χ3n) is 3.41. The molecule has 2 aromatic heterocycles. The molecule has 0 N–H and O–H groups in total. The van der Waals surface area contributed by atoms with Crippen LogP contribution in [-0.4, -0.2) is 45.4 Å². The van der Waals surface area contributed by atoms with Gasteiger partial charge in [0.2, 0.25) is 11.8 Å². The summed E-state index contributed by atoms with van der Waals surface area (Å²) in [7, 11) is 0. The predicted octanol–water partition coefficient (Wildman–Crippen LogP) is 1.57. The van der Waals surface area contributed by atoms with Gasteiger partial charge in [0, 0.05) is 38.1 Å². The Balaban J connectivity index is 1.47. The van der Waals surface area contributed by atoms with Crippen LogP contribution in [0.15, 0.2) is 36.7 Å². The number of likely N-dealkylation sites (tertiary alicyclic amines) is 1. The van der Waals surface area contributed by atoms with Crippen molar-refractivity contribution >= 4 is 0 Å². The van der Waals surface area contributed by atoms with Gasteiger partial charge >= 0.3 is 0 Å². The molecule has 1 aliphatic heterocycles. The molecule has 1 aliphatic rings. The minimum Gasteiger partial charge on any atom is -0.473 e. The molecule has 1 fully saturated rings. The molecular weight excluding hydrogens is 259 g/mol. The number of rotatable bonds is 5. The van der Waals surface area contributed by atoms with Crippen LogP contribution in [0.2, 0.25) is 0 Å². The van der Waals surface area contributed by atoms with Crippen molar-refractivity contribution in [3.63, 3.8) is 0 Å². The SMILES string of the molecule is Fc1cccc(OC2CCN(CCn3cccn3)C2)n1. The molecule has 3 rings (SSSR count). The molecule has 106 valence electrons. The Morgan fingerprint density at radius 3 is 3.05 bits per heavy atom. The number of nitrogens with zero attached hydrogens (tertiary/aromatic N) is 4. The van der Waals surface area contributed by atoms with Gasteiger partial charge in [0.15, 0.2) is 0 Å². The highest BCUT2D eigenvalue weighted by molar-refractivity contribution is 5.11. The highest BCUT2D eigenvalue weighted by Crippen LogP contribution is 2.16. The third kappa shape index (κ3) is 3.33. The second-order valence-corrected chi connectivity index (χ2v) is 4.90. The minimum atomic E-state index is -0.504. The topological polar surface area (TPSA) is 43.2 Å². The molecule has 3 heterocycles. The smallest absolute Gasteiger partial charge is 0.216 e. The van der Waals surface area contributed by atoms with Crippen LogP contribution in [0.5, 0.6) is 5.88 Å². The molecule has 5 nitrogen and oxygen atoms in total. The molecule has 0 bridgehead atoms. The molecule has 0 radical (unpaired) electrons. The first-order valence-electron chi connectivity index (χ1n) is 6.78. The van der Waals surface area contributed by atoms with Gasteiger partial charge in [-0.25, -0.2) is 0 Å². The van der Waals surface area contributed by atoms with E-state index in [1.807, 2.05) is 16.9 Å². The summed E-state index contributed by atoms with van der Waals surface area (Å²) in [6.07, 6.45) is 4.77. The van der Waals surface area contributed by atoms with E-state index < -0.39 is 5.95 Å². The number of hydrogen-bond acceptors (Lipinski definition) is 4. The largest absolute Gasteiger partial charge is 0.473 e. The molecule has 1 saturated heterocycles. The van der Waals surface area contributed by atoms with Gasteiger partial charge in [0.25, 0.3) is 0 Å². The quantitative estimate of drug-likeness (QED) is 0.778. The second kappa shape index (κ2) is 6.00. The second-order valence-electron chi connectivity index (χ2n) is 4.90. The van der Waals surface area contributed by atoms with Crippen molar-refractivity contribution in [2.24, 2.45) is 0 Å². The first-order chi connectivity index (χ1) is 9.79. The van der Waals surface area contributed by atoms with Crippen molar-refractivity contribution in [1.29, 1.82) is 0 Å². The average molecular weight is 276 g/mol. The van der Waals surface area contributed by atoms with E-state index in [2.05, 4.69) is 15.0 Å². The van der Waals surface area contributed by atoms with Gasteiger partial charge in [-0.2, -0.15) is 14.5 Å². The van der Waals surface area contributed by atoms with Crippen LogP contribution in [0.25, 0.3) is 0 Å². The van der Waals surface area contributed by atoms with Crippen molar-refractivity contribution in [3.8, 4) is 5.88 Å². The molecule has 0 spiro atoms. The molecule has 1 unspecified atom stereocenters. The highest BCUT2D eigenvalue weighted by atomic mass is 19.1. The van der Waals surface area contributed by atoms with E-state index in [0.717, 1.165) is 32.6 Å². The van der Waals surface area contributed by atoms with Gasteiger partial charge in [0.05, 0.1) is 6.54 Å². The van der Waals surface area contributed by atoms with Gasteiger partial charge < -0.3 is 4.74 Å². The molecule has 0 aromatic carbocycles. The minimum absolute atomic E-state index is 0.0851. The Kier molecular flexibility index (Phi) is 3.92. The van der Waals surface area contributed by atoms with E-state index in [4.69, 9.17) is 4.74 Å². The fourth-order valence-corrected chi connectivity index (χ4v) is 2.40. The summed E-state index contributed by atoms with van der Waals surface area (Å²) in [5, 5.41) is 4.18. The molecule has 6 heteroatoms. The van der Waals surface area contributed by atoms with Gasteiger partial charge in [-0.3, -0.25) is 9.58 Å². The summed E-state index contributed by atoms with van der Waals surface area (Å²) >= 11 is 0. The van der Waals surface area contributed by atoms with Crippen molar-refractivity contribution in [3.05, 3.63) is 42.6 Å². The van der Waals surface area contributed by atoms with E-state index in [9.17, 15) is 4.39 Å². The fraction of sp³-hybridized carbons (Fsp3) is 0.429. The number of hydrogen-bond donors (Lipinski definition) is 0. The Hall–Kier alpha value is -1.95. The summed E-state index contributed by atoms with van der Waals surface area (Å²) < 4.78 is 20.6. The highest BCUT2D eigenvalue weighted by Gasteiger charge is 2.24. The lowest BCUT2D eigenvalue weighted by atomic mass is 10.3. The van der Waals surface area contributed by atoms with Gasteiger partial charge in [-0.05, 0) is 18.6 Å². The lowest BCUT2D eigenvalue weighted by Gasteiger charge is -2.16. The number of aromatic nitrogens is 3. The zero-order valence-electron chi connectivity index (χ0n) is 11.2. The van der Waals surface area contributed by atoms with E-state index >= 15 is 0 Å². The van der Waals surface area contributed by atoms with Crippen LogP contribution in [0.3, 0.4) is 0 Å². The maximum Gasteiger partial charge on any atom is 0.216 e. The number of ether oxygens (including phenoxy) is 1. The van der Waals surface area contributed by atoms with Crippen molar-refractivity contribution < 1.29 is 9.13 Å².